The van der Waals surface area contributed by atoms with Crippen molar-refractivity contribution in [2.45, 2.75) is 0 Å². The molecule has 4 rings (SSSR count). The smallest absolute Gasteiger partial charge is 0.255 e. The van der Waals surface area contributed by atoms with E-state index >= 15 is 0 Å². The quantitative estimate of drug-likeness (QED) is 0.468. The van der Waals surface area contributed by atoms with E-state index in [0.717, 1.165) is 5.69 Å². The Morgan fingerprint density at radius 2 is 1.62 bits per heavy atom. The molecule has 1 amide bonds. The van der Waals surface area contributed by atoms with E-state index in [1.807, 2.05) is 43.3 Å². The molecule has 0 aliphatic carbocycles. The summed E-state index contributed by atoms with van der Waals surface area (Å²) in [5.74, 6) is 0.822. The first-order valence-electron chi connectivity index (χ1n) is 9.91. The number of hydrogen-bond donors (Lipinski definition) is 1. The van der Waals surface area contributed by atoms with Crippen molar-refractivity contribution in [2.24, 2.45) is 0 Å². The Balaban J connectivity index is 1.47. The van der Waals surface area contributed by atoms with Crippen LogP contribution in [0.5, 0.6) is 17.2 Å². The summed E-state index contributed by atoms with van der Waals surface area (Å²) in [5.41, 5.74) is 2.32. The van der Waals surface area contributed by atoms with E-state index in [1.54, 1.807) is 49.6 Å². The van der Waals surface area contributed by atoms with E-state index in [9.17, 15) is 9.59 Å². The molecule has 7 nitrogen and oxygen atoms in total. The molecule has 4 aromatic rings. The van der Waals surface area contributed by atoms with Gasteiger partial charge in [0, 0.05) is 37.1 Å². The van der Waals surface area contributed by atoms with Crippen molar-refractivity contribution in [2.75, 3.05) is 31.4 Å². The predicted octanol–water partition coefficient (Wildman–Crippen LogP) is 4.91. The summed E-state index contributed by atoms with van der Waals surface area (Å²) in [7, 11) is 5.45. The van der Waals surface area contributed by atoms with Gasteiger partial charge in [0.2, 0.25) is 11.2 Å². The second-order valence-corrected chi connectivity index (χ2v) is 7.31. The van der Waals surface area contributed by atoms with Gasteiger partial charge in [0.15, 0.2) is 0 Å². The van der Waals surface area contributed by atoms with Gasteiger partial charge in [-0.3, -0.25) is 9.59 Å². The summed E-state index contributed by atoms with van der Waals surface area (Å²) in [6.45, 7) is 0. The highest BCUT2D eigenvalue weighted by Crippen LogP contribution is 2.24. The molecule has 1 N–H and O–H groups in total. The lowest BCUT2D eigenvalue weighted by Gasteiger charge is -2.13. The molecule has 0 saturated heterocycles. The Hall–Kier alpha value is -4.26. The standard InChI is InChI=1S/C25H22N2O5/c1-27(2)18-8-6-17(7-9-18)26-25(29)16-4-10-19(11-5-16)32-23-15-31-22-14-20(30-3)12-13-21(22)24(23)28/h4-15H,1-3H3,(H,26,29). The second kappa shape index (κ2) is 8.85. The SMILES string of the molecule is COc1ccc2c(=O)c(Oc3ccc(C(=O)Nc4ccc(N(C)C)cc4)cc3)coc2c1. The Bertz CT molecular complexity index is 1310. The molecule has 0 radical (unpaired) electrons. The summed E-state index contributed by atoms with van der Waals surface area (Å²) in [6.07, 6.45) is 1.27. The molecule has 1 heterocycles. The summed E-state index contributed by atoms with van der Waals surface area (Å²) >= 11 is 0. The Labute approximate surface area is 184 Å². The van der Waals surface area contributed by atoms with Gasteiger partial charge >= 0.3 is 0 Å². The third-order valence-electron chi connectivity index (χ3n) is 4.94. The number of hydrogen-bond acceptors (Lipinski definition) is 6. The zero-order valence-corrected chi connectivity index (χ0v) is 17.9. The Kier molecular flexibility index (Phi) is 5.81. The van der Waals surface area contributed by atoms with Gasteiger partial charge in [-0.1, -0.05) is 0 Å². The summed E-state index contributed by atoms with van der Waals surface area (Å²) in [5, 5.41) is 3.25. The summed E-state index contributed by atoms with van der Waals surface area (Å²) < 4.78 is 16.3. The number of amides is 1. The number of fused-ring (bicyclic) bond motifs is 1. The second-order valence-electron chi connectivity index (χ2n) is 7.31. The van der Waals surface area contributed by atoms with Gasteiger partial charge in [0.1, 0.15) is 23.3 Å². The van der Waals surface area contributed by atoms with Gasteiger partial charge in [0.05, 0.1) is 12.5 Å². The molecule has 0 fully saturated rings. The van der Waals surface area contributed by atoms with Gasteiger partial charge in [-0.15, -0.1) is 0 Å². The van der Waals surface area contributed by atoms with E-state index in [2.05, 4.69) is 5.32 Å². The van der Waals surface area contributed by atoms with Gasteiger partial charge in [0.25, 0.3) is 5.91 Å². The van der Waals surface area contributed by atoms with Crippen molar-refractivity contribution in [3.8, 4) is 17.2 Å². The van der Waals surface area contributed by atoms with Crippen LogP contribution in [0.1, 0.15) is 10.4 Å². The summed E-state index contributed by atoms with van der Waals surface area (Å²) in [4.78, 5) is 27.2. The maximum atomic E-state index is 12.7. The molecular weight excluding hydrogens is 408 g/mol. The van der Waals surface area contributed by atoms with Crippen LogP contribution in [0.4, 0.5) is 11.4 Å². The largest absolute Gasteiger partial charge is 0.497 e. The van der Waals surface area contributed by atoms with Crippen LogP contribution >= 0.6 is 0 Å². The Morgan fingerprint density at radius 3 is 2.28 bits per heavy atom. The number of carbonyl (C=O) groups is 1. The molecule has 162 valence electrons. The zero-order chi connectivity index (χ0) is 22.7. The first-order chi connectivity index (χ1) is 15.4. The van der Waals surface area contributed by atoms with Crippen LogP contribution in [0.25, 0.3) is 11.0 Å². The van der Waals surface area contributed by atoms with Crippen LogP contribution in [0.2, 0.25) is 0 Å². The average molecular weight is 430 g/mol. The highest BCUT2D eigenvalue weighted by molar-refractivity contribution is 6.04. The lowest BCUT2D eigenvalue weighted by molar-refractivity contribution is 0.102. The number of methoxy groups -OCH3 is 1. The topological polar surface area (TPSA) is 81.0 Å². The molecular formula is C25H22N2O5. The van der Waals surface area contributed by atoms with E-state index in [0.29, 0.717) is 33.7 Å². The number of ether oxygens (including phenoxy) is 2. The van der Waals surface area contributed by atoms with Gasteiger partial charge in [-0.05, 0) is 60.7 Å². The maximum absolute atomic E-state index is 12.7. The molecule has 32 heavy (non-hydrogen) atoms. The molecule has 0 unspecified atom stereocenters. The van der Waals surface area contributed by atoms with Gasteiger partial charge in [-0.25, -0.2) is 0 Å². The normalized spacial score (nSPS) is 10.6. The lowest BCUT2D eigenvalue weighted by Crippen LogP contribution is -2.12. The maximum Gasteiger partial charge on any atom is 0.255 e. The molecule has 7 heteroatoms. The third kappa shape index (κ3) is 4.41. The fourth-order valence-electron chi connectivity index (χ4n) is 3.14. The minimum Gasteiger partial charge on any atom is -0.497 e. The molecule has 0 bridgehead atoms. The number of rotatable bonds is 6. The zero-order valence-electron chi connectivity index (χ0n) is 17.9. The van der Waals surface area contributed by atoms with Crippen LogP contribution in [-0.4, -0.2) is 27.1 Å². The van der Waals surface area contributed by atoms with Crippen LogP contribution in [0.15, 0.2) is 82.2 Å². The van der Waals surface area contributed by atoms with Crippen molar-refractivity contribution < 1.29 is 18.7 Å². The van der Waals surface area contributed by atoms with Gasteiger partial charge in [-0.2, -0.15) is 0 Å². The number of nitrogens with one attached hydrogen (secondary N) is 1. The fourth-order valence-corrected chi connectivity index (χ4v) is 3.14. The highest BCUT2D eigenvalue weighted by atomic mass is 16.5. The molecule has 3 aromatic carbocycles. The average Bonchev–Trinajstić information content (AvgIpc) is 2.81. The number of nitrogens with zero attached hydrogens (tertiary/aromatic N) is 1. The minimum absolute atomic E-state index is 0.0563. The van der Waals surface area contributed by atoms with E-state index < -0.39 is 0 Å². The molecule has 0 spiro atoms. The number of anilines is 2. The lowest BCUT2D eigenvalue weighted by atomic mass is 10.2. The first kappa shape index (κ1) is 21.0. The molecule has 1 aromatic heterocycles. The van der Waals surface area contributed by atoms with Crippen molar-refractivity contribution in [1.82, 2.24) is 0 Å². The number of carbonyl (C=O) groups excluding carboxylic acids is 1. The van der Waals surface area contributed by atoms with Crippen molar-refractivity contribution in [3.05, 3.63) is 88.8 Å². The van der Waals surface area contributed by atoms with Crippen LogP contribution < -0.4 is 25.1 Å². The first-order valence-corrected chi connectivity index (χ1v) is 9.91. The Morgan fingerprint density at radius 1 is 0.938 bits per heavy atom. The molecule has 0 saturated carbocycles. The summed E-state index contributed by atoms with van der Waals surface area (Å²) in [6, 6.07) is 19.0. The van der Waals surface area contributed by atoms with Crippen LogP contribution in [0, 0.1) is 0 Å². The van der Waals surface area contributed by atoms with Crippen molar-refractivity contribution in [1.29, 1.82) is 0 Å². The molecule has 0 atom stereocenters. The van der Waals surface area contributed by atoms with E-state index in [1.165, 1.54) is 6.26 Å². The fraction of sp³-hybridized carbons (Fsp3) is 0.120. The van der Waals surface area contributed by atoms with E-state index in [4.69, 9.17) is 13.9 Å². The van der Waals surface area contributed by atoms with Crippen LogP contribution in [-0.2, 0) is 0 Å². The third-order valence-corrected chi connectivity index (χ3v) is 4.94. The monoisotopic (exact) mass is 430 g/mol. The molecule has 0 aliphatic heterocycles. The van der Waals surface area contributed by atoms with Gasteiger partial charge < -0.3 is 24.1 Å². The predicted molar refractivity (Wildman–Crippen MR) is 124 cm³/mol. The van der Waals surface area contributed by atoms with Crippen LogP contribution in [0.3, 0.4) is 0 Å². The van der Waals surface area contributed by atoms with Crippen molar-refractivity contribution in [3.63, 3.8) is 0 Å². The van der Waals surface area contributed by atoms with E-state index in [-0.39, 0.29) is 17.1 Å². The number of benzene rings is 3. The molecule has 0 aliphatic rings. The minimum atomic E-state index is -0.295. The highest BCUT2D eigenvalue weighted by Gasteiger charge is 2.11. The van der Waals surface area contributed by atoms with Crippen molar-refractivity contribution >= 4 is 28.3 Å².